The average molecular weight is 131 g/mol. The van der Waals surface area contributed by atoms with E-state index in [2.05, 4.69) is 0 Å². The van der Waals surface area contributed by atoms with Crippen molar-refractivity contribution >= 4 is 0 Å². The Balaban J connectivity index is 2.36. The van der Waals surface area contributed by atoms with Gasteiger partial charge in [-0.1, -0.05) is 42.5 Å². The van der Waals surface area contributed by atoms with E-state index < -0.39 is 0 Å². The quantitative estimate of drug-likeness (QED) is 0.573. The first-order valence-corrected chi connectivity index (χ1v) is 3.36. The van der Waals surface area contributed by atoms with Crippen LogP contribution in [0.1, 0.15) is 5.56 Å². The van der Waals surface area contributed by atoms with Gasteiger partial charge in [0.1, 0.15) is 0 Å². The van der Waals surface area contributed by atoms with Gasteiger partial charge in [0.2, 0.25) is 0 Å². The van der Waals surface area contributed by atoms with Crippen LogP contribution < -0.4 is 5.73 Å². The fourth-order valence-corrected chi connectivity index (χ4v) is 1.01. The Bertz CT molecular complexity index is 255. The summed E-state index contributed by atoms with van der Waals surface area (Å²) in [6.07, 6.45) is 4.00. The first-order chi connectivity index (χ1) is 4.81. The van der Waals surface area contributed by atoms with Crippen molar-refractivity contribution in [2.75, 3.05) is 0 Å². The van der Waals surface area contributed by atoms with Crippen LogP contribution in [-0.4, -0.2) is 0 Å². The van der Waals surface area contributed by atoms with Gasteiger partial charge >= 0.3 is 0 Å². The molecule has 0 radical (unpaired) electrons. The highest BCUT2D eigenvalue weighted by Crippen LogP contribution is 2.31. The van der Waals surface area contributed by atoms with E-state index in [1.807, 2.05) is 42.5 Å². The smallest absolute Gasteiger partial charge is 0.0784 e. The molecule has 1 aromatic rings. The highest BCUT2D eigenvalue weighted by atomic mass is 14.8. The second-order valence-electron chi connectivity index (χ2n) is 2.63. The van der Waals surface area contributed by atoms with Crippen molar-refractivity contribution in [3.8, 4) is 0 Å². The lowest BCUT2D eigenvalue weighted by Gasteiger charge is -2.07. The minimum Gasteiger partial charge on any atom is -0.315 e. The van der Waals surface area contributed by atoms with Crippen LogP contribution in [0.25, 0.3) is 0 Å². The van der Waals surface area contributed by atoms with Crippen LogP contribution in [0, 0.1) is 0 Å². The van der Waals surface area contributed by atoms with Gasteiger partial charge in [0.15, 0.2) is 0 Å². The van der Waals surface area contributed by atoms with Crippen molar-refractivity contribution in [3.63, 3.8) is 0 Å². The zero-order chi connectivity index (χ0) is 7.03. The van der Waals surface area contributed by atoms with Gasteiger partial charge in [0, 0.05) is 0 Å². The number of benzene rings is 1. The molecule has 0 amide bonds. The van der Waals surface area contributed by atoms with Crippen molar-refractivity contribution in [2.45, 2.75) is 5.54 Å². The summed E-state index contributed by atoms with van der Waals surface area (Å²) in [5.74, 6) is 0. The fourth-order valence-electron chi connectivity index (χ4n) is 1.01. The van der Waals surface area contributed by atoms with Gasteiger partial charge in [-0.15, -0.1) is 0 Å². The van der Waals surface area contributed by atoms with E-state index in [0.29, 0.717) is 0 Å². The topological polar surface area (TPSA) is 26.0 Å². The molecule has 0 heterocycles. The first-order valence-electron chi connectivity index (χ1n) is 3.36. The number of hydrogen-bond acceptors (Lipinski definition) is 1. The molecule has 1 nitrogen and oxygen atoms in total. The lowest BCUT2D eigenvalue weighted by Crippen LogP contribution is -2.20. The third kappa shape index (κ3) is 0.755. The summed E-state index contributed by atoms with van der Waals surface area (Å²) >= 11 is 0. The van der Waals surface area contributed by atoms with Crippen LogP contribution in [0.5, 0.6) is 0 Å². The molecule has 1 aliphatic carbocycles. The van der Waals surface area contributed by atoms with E-state index in [-0.39, 0.29) is 5.54 Å². The van der Waals surface area contributed by atoms with Crippen LogP contribution in [0.15, 0.2) is 42.5 Å². The molecule has 0 atom stereocenters. The fraction of sp³-hybridized carbons (Fsp3) is 0.111. The minimum atomic E-state index is -0.207. The lowest BCUT2D eigenvalue weighted by molar-refractivity contribution is 0.818. The van der Waals surface area contributed by atoms with Crippen molar-refractivity contribution in [2.24, 2.45) is 5.73 Å². The summed E-state index contributed by atoms with van der Waals surface area (Å²) in [5, 5.41) is 0. The van der Waals surface area contributed by atoms with Gasteiger partial charge in [-0.3, -0.25) is 0 Å². The van der Waals surface area contributed by atoms with Crippen LogP contribution >= 0.6 is 0 Å². The molecule has 1 aromatic carbocycles. The Morgan fingerprint density at radius 2 is 1.60 bits per heavy atom. The summed E-state index contributed by atoms with van der Waals surface area (Å²) in [5.41, 5.74) is 6.83. The molecule has 0 unspecified atom stereocenters. The molecule has 0 saturated carbocycles. The van der Waals surface area contributed by atoms with Crippen LogP contribution in [0.2, 0.25) is 0 Å². The molecule has 0 bridgehead atoms. The predicted molar refractivity (Wildman–Crippen MR) is 41.4 cm³/mol. The zero-order valence-electron chi connectivity index (χ0n) is 5.62. The molecule has 50 valence electrons. The van der Waals surface area contributed by atoms with Gasteiger partial charge in [-0.25, -0.2) is 0 Å². The zero-order valence-corrected chi connectivity index (χ0v) is 5.62. The summed E-state index contributed by atoms with van der Waals surface area (Å²) in [6, 6.07) is 10.1. The van der Waals surface area contributed by atoms with Crippen molar-refractivity contribution < 1.29 is 0 Å². The van der Waals surface area contributed by atoms with E-state index in [9.17, 15) is 0 Å². The molecular formula is C9H9N. The monoisotopic (exact) mass is 131 g/mol. The maximum Gasteiger partial charge on any atom is 0.0784 e. The van der Waals surface area contributed by atoms with Crippen molar-refractivity contribution in [1.29, 1.82) is 0 Å². The lowest BCUT2D eigenvalue weighted by atomic mass is 10.0. The SMILES string of the molecule is NC1(c2ccccc2)C=C1. The molecule has 2 N–H and O–H groups in total. The van der Waals surface area contributed by atoms with E-state index in [1.54, 1.807) is 0 Å². The Labute approximate surface area is 60.2 Å². The molecule has 10 heavy (non-hydrogen) atoms. The minimum absolute atomic E-state index is 0.207. The number of nitrogens with two attached hydrogens (primary N) is 1. The van der Waals surface area contributed by atoms with Crippen LogP contribution in [0.4, 0.5) is 0 Å². The number of hydrogen-bond donors (Lipinski definition) is 1. The summed E-state index contributed by atoms with van der Waals surface area (Å²) in [4.78, 5) is 0. The Morgan fingerprint density at radius 3 is 2.10 bits per heavy atom. The Morgan fingerprint density at radius 1 is 1.00 bits per heavy atom. The second-order valence-corrected chi connectivity index (χ2v) is 2.63. The van der Waals surface area contributed by atoms with Gasteiger partial charge in [0.05, 0.1) is 5.54 Å². The third-order valence-corrected chi connectivity index (χ3v) is 1.80. The van der Waals surface area contributed by atoms with Gasteiger partial charge in [0.25, 0.3) is 0 Å². The van der Waals surface area contributed by atoms with E-state index in [0.717, 1.165) is 0 Å². The normalized spacial score (nSPS) is 18.9. The molecule has 0 aliphatic heterocycles. The summed E-state index contributed by atoms with van der Waals surface area (Å²) in [6.45, 7) is 0. The van der Waals surface area contributed by atoms with E-state index in [1.165, 1.54) is 5.56 Å². The molecule has 0 saturated heterocycles. The van der Waals surface area contributed by atoms with Gasteiger partial charge in [-0.2, -0.15) is 0 Å². The highest BCUT2D eigenvalue weighted by molar-refractivity contribution is 5.44. The van der Waals surface area contributed by atoms with Crippen LogP contribution in [-0.2, 0) is 5.54 Å². The maximum absolute atomic E-state index is 5.86. The molecular weight excluding hydrogens is 122 g/mol. The van der Waals surface area contributed by atoms with Crippen LogP contribution in [0.3, 0.4) is 0 Å². The van der Waals surface area contributed by atoms with E-state index >= 15 is 0 Å². The standard InChI is InChI=1S/C9H9N/c10-9(6-7-9)8-4-2-1-3-5-8/h1-7H,10H2. The first kappa shape index (κ1) is 5.69. The van der Waals surface area contributed by atoms with Crippen molar-refractivity contribution in [1.82, 2.24) is 0 Å². The van der Waals surface area contributed by atoms with Gasteiger partial charge < -0.3 is 5.73 Å². The second kappa shape index (κ2) is 1.70. The molecule has 1 heteroatoms. The third-order valence-electron chi connectivity index (χ3n) is 1.80. The van der Waals surface area contributed by atoms with Gasteiger partial charge in [-0.05, 0) is 5.56 Å². The highest BCUT2D eigenvalue weighted by Gasteiger charge is 2.29. The maximum atomic E-state index is 5.86. The van der Waals surface area contributed by atoms with Crippen molar-refractivity contribution in [3.05, 3.63) is 48.0 Å². The summed E-state index contributed by atoms with van der Waals surface area (Å²) in [7, 11) is 0. The molecule has 0 spiro atoms. The molecule has 1 aliphatic rings. The number of rotatable bonds is 1. The Kier molecular flexibility index (Phi) is 0.969. The predicted octanol–water partition coefficient (Wildman–Crippen LogP) is 1.41. The molecule has 0 fully saturated rings. The molecule has 2 rings (SSSR count). The summed E-state index contributed by atoms with van der Waals surface area (Å²) < 4.78 is 0. The average Bonchev–Trinajstić information content (AvgIpc) is 2.72. The molecule has 0 aromatic heterocycles. The largest absolute Gasteiger partial charge is 0.315 e. The Hall–Kier alpha value is -1.08. The van der Waals surface area contributed by atoms with E-state index in [4.69, 9.17) is 5.73 Å².